The molecule has 2 saturated heterocycles. The van der Waals surface area contributed by atoms with Gasteiger partial charge in [-0.15, -0.1) is 5.10 Å². The lowest BCUT2D eigenvalue weighted by molar-refractivity contribution is 0.187. The fourth-order valence-electron chi connectivity index (χ4n) is 5.27. The van der Waals surface area contributed by atoms with Gasteiger partial charge < -0.3 is 19.6 Å². The van der Waals surface area contributed by atoms with E-state index in [9.17, 15) is 5.11 Å². The summed E-state index contributed by atoms with van der Waals surface area (Å²) >= 11 is 0. The molecule has 1 N–H and O–H groups in total. The van der Waals surface area contributed by atoms with Crippen LogP contribution >= 0.6 is 0 Å². The Morgan fingerprint density at radius 2 is 1.79 bits per heavy atom. The number of aromatic nitrogens is 6. The maximum Gasteiger partial charge on any atom is 0.225 e. The van der Waals surface area contributed by atoms with Crippen LogP contribution < -0.4 is 9.64 Å². The van der Waals surface area contributed by atoms with Crippen molar-refractivity contribution in [3.8, 4) is 17.0 Å². The van der Waals surface area contributed by atoms with E-state index in [0.29, 0.717) is 42.4 Å². The zero-order valence-corrected chi connectivity index (χ0v) is 21.5. The van der Waals surface area contributed by atoms with Crippen LogP contribution in [0.1, 0.15) is 30.9 Å². The number of aliphatic hydroxyl groups is 1. The largest absolute Gasteiger partial charge is 0.494 e. The number of β-amino-alcohol motifs (C(OH)–C–C–N with tert-alkyl or cyclic N) is 1. The Kier molecular flexibility index (Phi) is 6.55. The molecule has 3 aromatic heterocycles. The highest BCUT2D eigenvalue weighted by Gasteiger charge is 2.27. The molecule has 202 valence electrons. The van der Waals surface area contributed by atoms with Crippen molar-refractivity contribution in [2.24, 2.45) is 0 Å². The van der Waals surface area contributed by atoms with Gasteiger partial charge in [-0.1, -0.05) is 11.8 Å². The first kappa shape index (κ1) is 25.1. The monoisotopic (exact) mass is 534 g/mol. The number of halogens is 2. The summed E-state index contributed by atoms with van der Waals surface area (Å²) in [7, 11) is 1.58. The summed E-state index contributed by atoms with van der Waals surface area (Å²) in [5.74, 6) is -0.717. The third kappa shape index (κ3) is 4.65. The lowest BCUT2D eigenvalue weighted by Crippen LogP contribution is -2.36. The Morgan fingerprint density at radius 1 is 1.03 bits per heavy atom. The summed E-state index contributed by atoms with van der Waals surface area (Å²) < 4.78 is 37.3. The quantitative estimate of drug-likeness (QED) is 0.398. The van der Waals surface area contributed by atoms with Gasteiger partial charge in [0.05, 0.1) is 43.5 Å². The Balaban J connectivity index is 1.19. The molecule has 4 aromatic rings. The molecule has 0 unspecified atom stereocenters. The fraction of sp³-hybridized carbons (Fsp3) is 0.370. The van der Waals surface area contributed by atoms with E-state index in [4.69, 9.17) is 4.74 Å². The Labute approximate surface area is 223 Å². The third-order valence-corrected chi connectivity index (χ3v) is 7.52. The Morgan fingerprint density at radius 3 is 2.49 bits per heavy atom. The zero-order chi connectivity index (χ0) is 27.1. The van der Waals surface area contributed by atoms with E-state index in [-0.39, 0.29) is 22.9 Å². The van der Waals surface area contributed by atoms with Gasteiger partial charge in [-0.2, -0.15) is 0 Å². The van der Waals surface area contributed by atoms with Crippen molar-refractivity contribution in [2.75, 3.05) is 38.2 Å². The number of likely N-dealkylation sites (tertiary alicyclic amines) is 1. The van der Waals surface area contributed by atoms with Crippen LogP contribution in [0.2, 0.25) is 0 Å². The average Bonchev–Trinajstić information content (AvgIpc) is 3.60. The second kappa shape index (κ2) is 10.2. The maximum atomic E-state index is 15.2. The molecular weight excluding hydrogens is 506 g/mol. The van der Waals surface area contributed by atoms with Crippen molar-refractivity contribution in [3.63, 3.8) is 0 Å². The van der Waals surface area contributed by atoms with Gasteiger partial charge in [0.2, 0.25) is 5.95 Å². The molecule has 0 bridgehead atoms. The fourth-order valence-corrected chi connectivity index (χ4v) is 5.27. The van der Waals surface area contributed by atoms with Crippen LogP contribution in [0.5, 0.6) is 5.75 Å². The lowest BCUT2D eigenvalue weighted by atomic mass is 10.0. The van der Waals surface area contributed by atoms with Gasteiger partial charge in [0.1, 0.15) is 11.0 Å². The number of aliphatic hydroxyl groups excluding tert-OH is 1. The Hall–Kier alpha value is -4.19. The molecule has 5 heterocycles. The van der Waals surface area contributed by atoms with Crippen molar-refractivity contribution in [1.29, 1.82) is 0 Å². The molecule has 0 amide bonds. The van der Waals surface area contributed by atoms with Crippen LogP contribution in [-0.2, 0) is 0 Å². The maximum absolute atomic E-state index is 15.2. The summed E-state index contributed by atoms with van der Waals surface area (Å²) in [5.41, 5.74) is 2.02. The minimum atomic E-state index is -0.999. The number of hydrogen-bond donors (Lipinski definition) is 1. The summed E-state index contributed by atoms with van der Waals surface area (Å²) in [6.45, 7) is 6.32. The number of anilines is 1. The number of piperidine rings is 1. The van der Waals surface area contributed by atoms with E-state index in [1.54, 1.807) is 36.7 Å². The topological polar surface area (TPSA) is 105 Å². The van der Waals surface area contributed by atoms with Crippen LogP contribution in [0, 0.1) is 11.6 Å². The van der Waals surface area contributed by atoms with E-state index in [0.717, 1.165) is 31.4 Å². The first-order valence-corrected chi connectivity index (χ1v) is 12.9. The average molecular weight is 535 g/mol. The van der Waals surface area contributed by atoms with Gasteiger partial charge in [-0.25, -0.2) is 23.4 Å². The van der Waals surface area contributed by atoms with Crippen LogP contribution in [0.15, 0.2) is 43.4 Å². The normalized spacial score (nSPS) is 18.2. The standard InChI is InChI=1S/C27H28F2N8O2/c1-16(36-10-7-18(38)15-36)20-3-4-21(26(29)25(20)28)22-11-23-24(14-30-22)37(34-33-23)17-5-8-35(9-6-17)27-31-12-19(39-2)13-32-27/h3-4,11-14,17-18,38H,1,5-10,15H2,2H3/t18-/m1/s1. The van der Waals surface area contributed by atoms with E-state index in [1.165, 1.54) is 12.1 Å². The van der Waals surface area contributed by atoms with Gasteiger partial charge in [0.15, 0.2) is 17.4 Å². The third-order valence-electron chi connectivity index (χ3n) is 7.52. The predicted molar refractivity (Wildman–Crippen MR) is 141 cm³/mol. The van der Waals surface area contributed by atoms with Crippen molar-refractivity contribution < 1.29 is 18.6 Å². The van der Waals surface area contributed by atoms with Gasteiger partial charge in [-0.05, 0) is 37.5 Å². The number of methoxy groups -OCH3 is 1. The predicted octanol–water partition coefficient (Wildman–Crippen LogP) is 3.45. The molecule has 2 fully saturated rings. The minimum Gasteiger partial charge on any atom is -0.494 e. The summed E-state index contributed by atoms with van der Waals surface area (Å²) in [6.07, 6.45) is 6.62. The number of pyridine rings is 1. The highest BCUT2D eigenvalue weighted by atomic mass is 19.2. The van der Waals surface area contributed by atoms with Crippen LogP contribution in [-0.4, -0.2) is 79.3 Å². The molecule has 1 atom stereocenters. The van der Waals surface area contributed by atoms with Gasteiger partial charge in [0.25, 0.3) is 0 Å². The Bertz CT molecular complexity index is 1520. The molecule has 2 aliphatic heterocycles. The summed E-state index contributed by atoms with van der Waals surface area (Å²) in [6, 6.07) is 4.74. The van der Waals surface area contributed by atoms with Crippen molar-refractivity contribution in [1.82, 2.24) is 34.8 Å². The summed E-state index contributed by atoms with van der Waals surface area (Å²) in [5, 5.41) is 18.4. The van der Waals surface area contributed by atoms with Gasteiger partial charge >= 0.3 is 0 Å². The number of fused-ring (bicyclic) bond motifs is 1. The van der Waals surface area contributed by atoms with Gasteiger partial charge in [0, 0.05) is 43.0 Å². The van der Waals surface area contributed by atoms with E-state index in [2.05, 4.69) is 36.7 Å². The first-order chi connectivity index (χ1) is 18.9. The minimum absolute atomic E-state index is 0.0368. The molecule has 0 spiro atoms. The number of hydrogen-bond acceptors (Lipinski definition) is 9. The molecule has 12 heteroatoms. The highest BCUT2D eigenvalue weighted by Crippen LogP contribution is 2.32. The molecule has 1 aromatic carbocycles. The molecular formula is C27H28F2N8O2. The number of benzene rings is 1. The van der Waals surface area contributed by atoms with Crippen LogP contribution in [0.4, 0.5) is 14.7 Å². The number of nitrogens with zero attached hydrogens (tertiary/aromatic N) is 8. The second-order valence-corrected chi connectivity index (χ2v) is 9.86. The van der Waals surface area contributed by atoms with Crippen molar-refractivity contribution in [2.45, 2.75) is 31.4 Å². The molecule has 0 radical (unpaired) electrons. The first-order valence-electron chi connectivity index (χ1n) is 12.9. The molecule has 2 aliphatic rings. The smallest absolute Gasteiger partial charge is 0.225 e. The second-order valence-electron chi connectivity index (χ2n) is 9.86. The molecule has 6 rings (SSSR count). The number of ether oxygens (including phenoxy) is 1. The SMILES string of the molecule is C=C(c1ccc(-c2cc3nnn(C4CCN(c5ncc(OC)cn5)CC4)c3cn2)c(F)c1F)N1CC[C@@H](O)C1. The van der Waals surface area contributed by atoms with E-state index in [1.807, 2.05) is 4.68 Å². The molecule has 0 saturated carbocycles. The molecule has 10 nitrogen and oxygen atoms in total. The molecule has 0 aliphatic carbocycles. The lowest BCUT2D eigenvalue weighted by Gasteiger charge is -2.31. The molecule has 39 heavy (non-hydrogen) atoms. The van der Waals surface area contributed by atoms with Crippen molar-refractivity contribution in [3.05, 3.63) is 60.6 Å². The van der Waals surface area contributed by atoms with Gasteiger partial charge in [-0.3, -0.25) is 4.98 Å². The van der Waals surface area contributed by atoms with E-state index < -0.39 is 17.7 Å². The summed E-state index contributed by atoms with van der Waals surface area (Å²) in [4.78, 5) is 17.1. The van der Waals surface area contributed by atoms with E-state index >= 15 is 8.78 Å². The van der Waals surface area contributed by atoms with Crippen LogP contribution in [0.25, 0.3) is 28.0 Å². The highest BCUT2D eigenvalue weighted by molar-refractivity contribution is 5.79. The van der Waals surface area contributed by atoms with Crippen LogP contribution in [0.3, 0.4) is 0 Å². The number of rotatable bonds is 6. The zero-order valence-electron chi connectivity index (χ0n) is 21.5. The van der Waals surface area contributed by atoms with Crippen molar-refractivity contribution >= 4 is 22.7 Å².